The highest BCUT2D eigenvalue weighted by Crippen LogP contribution is 2.38. The summed E-state index contributed by atoms with van der Waals surface area (Å²) in [5, 5.41) is 6.60. The van der Waals surface area contributed by atoms with E-state index in [1.807, 2.05) is 60.7 Å². The lowest BCUT2D eigenvalue weighted by Gasteiger charge is -2.38. The van der Waals surface area contributed by atoms with Crippen LogP contribution in [0.2, 0.25) is 0 Å². The molecule has 2 heterocycles. The van der Waals surface area contributed by atoms with Gasteiger partial charge in [-0.25, -0.2) is 0 Å². The molecule has 2 N–H and O–H groups in total. The fourth-order valence-electron chi connectivity index (χ4n) is 5.76. The van der Waals surface area contributed by atoms with Crippen molar-refractivity contribution < 1.29 is 19.1 Å². The fraction of sp³-hybridized carbons (Fsp3) is 0.517. The fourth-order valence-corrected chi connectivity index (χ4v) is 5.76. The summed E-state index contributed by atoms with van der Waals surface area (Å²) in [7, 11) is 0. The number of nitrogens with one attached hydrogen (secondary N) is 2. The van der Waals surface area contributed by atoms with Crippen molar-refractivity contribution in [1.82, 2.24) is 10.6 Å². The summed E-state index contributed by atoms with van der Waals surface area (Å²) in [6, 6.07) is 20.0. The van der Waals surface area contributed by atoms with Gasteiger partial charge in [-0.3, -0.25) is 9.59 Å². The lowest BCUT2D eigenvalue weighted by atomic mass is 9.73. The maximum Gasteiger partial charge on any atom is 0.231 e. The molecule has 2 amide bonds. The molecule has 6 nitrogen and oxygen atoms in total. The number of carbonyl (C=O) groups excluding carboxylic acids is 2. The second-order valence-electron chi connectivity index (χ2n) is 10.2. The van der Waals surface area contributed by atoms with Crippen molar-refractivity contribution in [3.8, 4) is 0 Å². The minimum Gasteiger partial charge on any atom is -0.381 e. The van der Waals surface area contributed by atoms with Crippen molar-refractivity contribution in [3.05, 3.63) is 71.8 Å². The van der Waals surface area contributed by atoms with E-state index in [1.165, 1.54) is 0 Å². The summed E-state index contributed by atoms with van der Waals surface area (Å²) in [6.45, 7) is 2.76. The molecule has 0 radical (unpaired) electrons. The Kier molecular flexibility index (Phi) is 7.21. The average Bonchev–Trinajstić information content (AvgIpc) is 3.78. The van der Waals surface area contributed by atoms with Gasteiger partial charge < -0.3 is 20.1 Å². The van der Waals surface area contributed by atoms with Crippen molar-refractivity contribution in [2.24, 2.45) is 5.92 Å². The first-order valence-corrected chi connectivity index (χ1v) is 13.0. The van der Waals surface area contributed by atoms with Crippen LogP contribution in [-0.2, 0) is 29.9 Å². The topological polar surface area (TPSA) is 76.7 Å². The monoisotopic (exact) mass is 476 g/mol. The van der Waals surface area contributed by atoms with Crippen molar-refractivity contribution >= 4 is 11.8 Å². The molecule has 2 saturated heterocycles. The molecule has 0 bridgehead atoms. The first-order chi connectivity index (χ1) is 17.1. The summed E-state index contributed by atoms with van der Waals surface area (Å²) in [5.74, 6) is 0.506. The van der Waals surface area contributed by atoms with Crippen LogP contribution < -0.4 is 10.6 Å². The molecule has 1 saturated carbocycles. The van der Waals surface area contributed by atoms with Gasteiger partial charge in [0.05, 0.1) is 10.8 Å². The van der Waals surface area contributed by atoms with Crippen LogP contribution >= 0.6 is 0 Å². The first kappa shape index (κ1) is 24.0. The normalized spacial score (nSPS) is 22.1. The van der Waals surface area contributed by atoms with E-state index in [9.17, 15) is 9.59 Å². The molecule has 1 aliphatic carbocycles. The van der Waals surface area contributed by atoms with Gasteiger partial charge in [0.2, 0.25) is 11.8 Å². The first-order valence-electron chi connectivity index (χ1n) is 13.0. The van der Waals surface area contributed by atoms with Crippen LogP contribution in [0.5, 0.6) is 0 Å². The van der Waals surface area contributed by atoms with Gasteiger partial charge in [-0.05, 0) is 55.6 Å². The van der Waals surface area contributed by atoms with Gasteiger partial charge >= 0.3 is 0 Å². The van der Waals surface area contributed by atoms with Gasteiger partial charge in [-0.15, -0.1) is 0 Å². The molecule has 0 aromatic heterocycles. The minimum atomic E-state index is -0.581. The number of carbonyl (C=O) groups is 2. The number of ether oxygens (including phenoxy) is 2. The maximum atomic E-state index is 13.8. The Labute approximate surface area is 207 Å². The summed E-state index contributed by atoms with van der Waals surface area (Å²) >= 11 is 0. The van der Waals surface area contributed by atoms with Gasteiger partial charge in [-0.2, -0.15) is 0 Å². The molecule has 1 atom stereocenters. The van der Waals surface area contributed by atoms with Gasteiger partial charge in [0, 0.05) is 39.0 Å². The van der Waals surface area contributed by atoms with Crippen LogP contribution in [0.4, 0.5) is 0 Å². The Bertz CT molecular complexity index is 994. The second-order valence-corrected chi connectivity index (χ2v) is 10.2. The van der Waals surface area contributed by atoms with E-state index in [4.69, 9.17) is 9.47 Å². The molecular formula is C29H36N2O4. The number of hydrogen-bond donors (Lipinski definition) is 2. The van der Waals surface area contributed by atoms with Crippen LogP contribution in [-0.4, -0.2) is 50.8 Å². The SMILES string of the molecule is O=C(NCC(NC(=O)C1(c2ccccc2)CCOCC1)C1CC1)C1(c2ccccc2)CCOCC1. The summed E-state index contributed by atoms with van der Waals surface area (Å²) in [5.41, 5.74) is 0.925. The Balaban J connectivity index is 1.31. The average molecular weight is 477 g/mol. The third-order valence-electron chi connectivity index (χ3n) is 8.20. The van der Waals surface area contributed by atoms with Gasteiger partial charge in [0.1, 0.15) is 0 Å². The van der Waals surface area contributed by atoms with E-state index < -0.39 is 10.8 Å². The quantitative estimate of drug-likeness (QED) is 0.612. The molecule has 6 heteroatoms. The summed E-state index contributed by atoms with van der Waals surface area (Å²) in [4.78, 5) is 27.4. The summed E-state index contributed by atoms with van der Waals surface area (Å²) in [6.07, 6.45) is 4.84. The number of hydrogen-bond acceptors (Lipinski definition) is 4. The molecule has 3 fully saturated rings. The van der Waals surface area contributed by atoms with Crippen LogP contribution in [0, 0.1) is 5.92 Å². The van der Waals surface area contributed by atoms with Crippen molar-refractivity contribution in [2.75, 3.05) is 33.0 Å². The van der Waals surface area contributed by atoms with Gasteiger partial charge in [-0.1, -0.05) is 60.7 Å². The molecule has 2 aliphatic heterocycles. The van der Waals surface area contributed by atoms with Gasteiger partial charge in [0.25, 0.3) is 0 Å². The molecule has 3 aliphatic rings. The Hall–Kier alpha value is -2.70. The predicted octanol–water partition coefficient (Wildman–Crippen LogP) is 3.49. The van der Waals surface area contributed by atoms with E-state index >= 15 is 0 Å². The molecule has 186 valence electrons. The largest absolute Gasteiger partial charge is 0.381 e. The van der Waals surface area contributed by atoms with Crippen molar-refractivity contribution in [2.45, 2.75) is 55.4 Å². The maximum absolute atomic E-state index is 13.8. The van der Waals surface area contributed by atoms with Crippen LogP contribution in [0.3, 0.4) is 0 Å². The third-order valence-corrected chi connectivity index (χ3v) is 8.20. The van der Waals surface area contributed by atoms with E-state index in [2.05, 4.69) is 10.6 Å². The zero-order valence-corrected chi connectivity index (χ0v) is 20.3. The molecule has 1 unspecified atom stereocenters. The van der Waals surface area contributed by atoms with E-state index in [1.54, 1.807) is 0 Å². The van der Waals surface area contributed by atoms with Crippen molar-refractivity contribution in [3.63, 3.8) is 0 Å². The van der Waals surface area contributed by atoms with Crippen LogP contribution in [0.15, 0.2) is 60.7 Å². The molecule has 0 spiro atoms. The van der Waals surface area contributed by atoms with Crippen molar-refractivity contribution in [1.29, 1.82) is 0 Å². The highest BCUT2D eigenvalue weighted by atomic mass is 16.5. The molecule has 5 rings (SSSR count). The highest BCUT2D eigenvalue weighted by molar-refractivity contribution is 5.90. The van der Waals surface area contributed by atoms with E-state index in [-0.39, 0.29) is 17.9 Å². The predicted molar refractivity (Wildman–Crippen MR) is 134 cm³/mol. The Morgan fingerprint density at radius 2 is 1.20 bits per heavy atom. The number of rotatable bonds is 8. The van der Waals surface area contributed by atoms with E-state index in [0.717, 1.165) is 24.0 Å². The number of amides is 2. The zero-order valence-electron chi connectivity index (χ0n) is 20.3. The Morgan fingerprint density at radius 1 is 0.743 bits per heavy atom. The van der Waals surface area contributed by atoms with Crippen LogP contribution in [0.25, 0.3) is 0 Å². The Morgan fingerprint density at radius 3 is 1.66 bits per heavy atom. The lowest BCUT2D eigenvalue weighted by Crippen LogP contribution is -2.56. The standard InChI is InChI=1S/C29H36N2O4/c32-26(28(13-17-34-18-14-28)23-7-3-1-4-8-23)30-21-25(22-11-12-22)31-27(33)29(15-19-35-20-16-29)24-9-5-2-6-10-24/h1-10,22,25H,11-21H2,(H,30,32)(H,31,33). The highest BCUT2D eigenvalue weighted by Gasteiger charge is 2.45. The molecule has 35 heavy (non-hydrogen) atoms. The third kappa shape index (κ3) is 5.00. The molecule has 2 aromatic rings. The number of benzene rings is 2. The van der Waals surface area contributed by atoms with E-state index in [0.29, 0.717) is 64.6 Å². The smallest absolute Gasteiger partial charge is 0.231 e. The zero-order chi connectivity index (χ0) is 24.1. The summed E-state index contributed by atoms with van der Waals surface area (Å²) < 4.78 is 11.2. The molecular weight excluding hydrogens is 440 g/mol. The van der Waals surface area contributed by atoms with Crippen LogP contribution in [0.1, 0.15) is 49.7 Å². The lowest BCUT2D eigenvalue weighted by molar-refractivity contribution is -0.133. The minimum absolute atomic E-state index is 0.0377. The molecule has 2 aromatic carbocycles. The van der Waals surface area contributed by atoms with Gasteiger partial charge in [0.15, 0.2) is 0 Å². The second kappa shape index (κ2) is 10.5.